The van der Waals surface area contributed by atoms with E-state index in [1.165, 1.54) is 36.4 Å². The summed E-state index contributed by atoms with van der Waals surface area (Å²) in [5, 5.41) is 2.23. The van der Waals surface area contributed by atoms with Crippen molar-refractivity contribution in [3.63, 3.8) is 0 Å². The average molecular weight is 445 g/mol. The van der Waals surface area contributed by atoms with Crippen LogP contribution in [0.2, 0.25) is 5.02 Å². The standard InChI is InChI=1S/C22H18ClFN2O5/c1-3-9-31-19-15(23)11-13(12-18(19)30-4-2)10-14-20(27)25-22(29)26(21(14)28)17-8-6-5-7-16(17)24/h3,5-8,10-12H,1,4,9H2,2H3,(H,25,27,29)/b14-10-. The molecule has 1 heterocycles. The van der Waals surface area contributed by atoms with E-state index in [-0.39, 0.29) is 28.6 Å². The molecule has 2 aromatic carbocycles. The SMILES string of the molecule is C=CCOc1c(Cl)cc(/C=C2/C(=O)NC(=O)N(c3ccccc3F)C2=O)cc1OCC. The summed E-state index contributed by atoms with van der Waals surface area (Å²) in [7, 11) is 0. The molecule has 0 unspecified atom stereocenters. The summed E-state index contributed by atoms with van der Waals surface area (Å²) >= 11 is 6.30. The monoisotopic (exact) mass is 444 g/mol. The molecule has 0 saturated carbocycles. The molecule has 4 amide bonds. The first-order valence-electron chi connectivity index (χ1n) is 9.23. The molecule has 0 spiro atoms. The molecule has 9 heteroatoms. The van der Waals surface area contributed by atoms with Crippen LogP contribution in [0.3, 0.4) is 0 Å². The molecular formula is C22H18ClFN2O5. The number of urea groups is 1. The zero-order valence-electron chi connectivity index (χ0n) is 16.5. The maximum atomic E-state index is 14.2. The number of para-hydroxylation sites is 1. The van der Waals surface area contributed by atoms with Gasteiger partial charge in [-0.2, -0.15) is 0 Å². The molecule has 1 N–H and O–H groups in total. The van der Waals surface area contributed by atoms with Crippen LogP contribution >= 0.6 is 11.6 Å². The van der Waals surface area contributed by atoms with Crippen LogP contribution in [0.15, 0.2) is 54.6 Å². The van der Waals surface area contributed by atoms with Crippen LogP contribution in [0.25, 0.3) is 6.08 Å². The van der Waals surface area contributed by atoms with Crippen molar-refractivity contribution in [2.75, 3.05) is 18.1 Å². The van der Waals surface area contributed by atoms with Gasteiger partial charge in [-0.3, -0.25) is 14.9 Å². The number of nitrogens with zero attached hydrogens (tertiary/aromatic N) is 1. The van der Waals surface area contributed by atoms with E-state index in [1.807, 2.05) is 5.32 Å². The van der Waals surface area contributed by atoms with E-state index >= 15 is 0 Å². The van der Waals surface area contributed by atoms with Crippen molar-refractivity contribution in [3.05, 3.63) is 71.0 Å². The van der Waals surface area contributed by atoms with Gasteiger partial charge in [0.25, 0.3) is 11.8 Å². The van der Waals surface area contributed by atoms with E-state index in [9.17, 15) is 18.8 Å². The number of benzene rings is 2. The van der Waals surface area contributed by atoms with Gasteiger partial charge in [-0.25, -0.2) is 14.1 Å². The molecule has 0 aromatic heterocycles. The fourth-order valence-corrected chi connectivity index (χ4v) is 3.17. The number of ether oxygens (including phenoxy) is 2. The second kappa shape index (κ2) is 9.44. The van der Waals surface area contributed by atoms with Crippen LogP contribution in [0.1, 0.15) is 12.5 Å². The molecule has 1 saturated heterocycles. The number of carbonyl (C=O) groups is 3. The molecule has 0 radical (unpaired) electrons. The molecule has 160 valence electrons. The number of hydrogen-bond donors (Lipinski definition) is 1. The van der Waals surface area contributed by atoms with Crippen LogP contribution in [0, 0.1) is 5.82 Å². The third-order valence-electron chi connectivity index (χ3n) is 4.18. The number of anilines is 1. The summed E-state index contributed by atoms with van der Waals surface area (Å²) in [4.78, 5) is 38.0. The molecule has 3 rings (SSSR count). The number of amides is 4. The first-order valence-corrected chi connectivity index (χ1v) is 9.61. The van der Waals surface area contributed by atoms with Crippen molar-refractivity contribution in [2.45, 2.75) is 6.92 Å². The van der Waals surface area contributed by atoms with Crippen molar-refractivity contribution in [3.8, 4) is 11.5 Å². The number of nitrogens with one attached hydrogen (secondary N) is 1. The number of hydrogen-bond acceptors (Lipinski definition) is 5. The number of imide groups is 2. The Kier molecular flexibility index (Phi) is 6.71. The maximum absolute atomic E-state index is 14.2. The number of barbiturate groups is 1. The Hall–Kier alpha value is -3.65. The van der Waals surface area contributed by atoms with Gasteiger partial charge in [-0.15, -0.1) is 0 Å². The van der Waals surface area contributed by atoms with E-state index in [0.29, 0.717) is 22.8 Å². The highest BCUT2D eigenvalue weighted by atomic mass is 35.5. The molecule has 31 heavy (non-hydrogen) atoms. The third kappa shape index (κ3) is 4.59. The third-order valence-corrected chi connectivity index (χ3v) is 4.46. The highest BCUT2D eigenvalue weighted by molar-refractivity contribution is 6.39. The van der Waals surface area contributed by atoms with Gasteiger partial charge in [-0.05, 0) is 42.8 Å². The quantitative estimate of drug-likeness (QED) is 0.394. The number of rotatable bonds is 7. The van der Waals surface area contributed by atoms with E-state index in [1.54, 1.807) is 13.0 Å². The van der Waals surface area contributed by atoms with Crippen molar-refractivity contribution in [2.24, 2.45) is 0 Å². The van der Waals surface area contributed by atoms with Crippen molar-refractivity contribution >= 4 is 41.2 Å². The van der Waals surface area contributed by atoms with Crippen LogP contribution in [-0.2, 0) is 9.59 Å². The number of carbonyl (C=O) groups excluding carboxylic acids is 3. The van der Waals surface area contributed by atoms with Crippen molar-refractivity contribution < 1.29 is 28.2 Å². The summed E-state index contributed by atoms with van der Waals surface area (Å²) in [5.74, 6) is -2.09. The highest BCUT2D eigenvalue weighted by Crippen LogP contribution is 2.37. The van der Waals surface area contributed by atoms with Gasteiger partial charge in [0, 0.05) is 0 Å². The molecular weight excluding hydrogens is 427 g/mol. The van der Waals surface area contributed by atoms with Gasteiger partial charge >= 0.3 is 6.03 Å². The van der Waals surface area contributed by atoms with Crippen LogP contribution in [0.4, 0.5) is 14.9 Å². The minimum absolute atomic E-state index is 0.186. The molecule has 7 nitrogen and oxygen atoms in total. The summed E-state index contributed by atoms with van der Waals surface area (Å²) in [6, 6.07) is 7.21. The second-order valence-electron chi connectivity index (χ2n) is 6.27. The Morgan fingerprint density at radius 2 is 1.94 bits per heavy atom. The van der Waals surface area contributed by atoms with Crippen LogP contribution in [0.5, 0.6) is 11.5 Å². The zero-order chi connectivity index (χ0) is 22.5. The first-order chi connectivity index (χ1) is 14.9. The van der Waals surface area contributed by atoms with Gasteiger partial charge in [0.1, 0.15) is 18.0 Å². The maximum Gasteiger partial charge on any atom is 0.336 e. The summed E-state index contributed by atoms with van der Waals surface area (Å²) < 4.78 is 25.2. The lowest BCUT2D eigenvalue weighted by atomic mass is 10.1. The lowest BCUT2D eigenvalue weighted by molar-refractivity contribution is -0.122. The summed E-state index contributed by atoms with van der Waals surface area (Å²) in [5.41, 5.74) is -0.300. The second-order valence-corrected chi connectivity index (χ2v) is 6.68. The van der Waals surface area contributed by atoms with Crippen molar-refractivity contribution in [1.82, 2.24) is 5.32 Å². The fourth-order valence-electron chi connectivity index (χ4n) is 2.89. The van der Waals surface area contributed by atoms with E-state index in [4.69, 9.17) is 21.1 Å². The summed E-state index contributed by atoms with van der Waals surface area (Å²) in [6.07, 6.45) is 2.78. The first kappa shape index (κ1) is 22.0. The lowest BCUT2D eigenvalue weighted by Crippen LogP contribution is -2.54. The Morgan fingerprint density at radius 3 is 2.61 bits per heavy atom. The topological polar surface area (TPSA) is 84.9 Å². The predicted octanol–water partition coefficient (Wildman–Crippen LogP) is 4.11. The van der Waals surface area contributed by atoms with E-state index in [2.05, 4.69) is 6.58 Å². The molecule has 1 aliphatic heterocycles. The van der Waals surface area contributed by atoms with Crippen molar-refractivity contribution in [1.29, 1.82) is 0 Å². The zero-order valence-corrected chi connectivity index (χ0v) is 17.2. The highest BCUT2D eigenvalue weighted by Gasteiger charge is 2.38. The molecule has 0 bridgehead atoms. The Balaban J connectivity index is 2.04. The van der Waals surface area contributed by atoms with Crippen LogP contribution in [-0.4, -0.2) is 31.1 Å². The smallest absolute Gasteiger partial charge is 0.336 e. The van der Waals surface area contributed by atoms with Gasteiger partial charge in [-0.1, -0.05) is 36.4 Å². The largest absolute Gasteiger partial charge is 0.490 e. The average Bonchev–Trinajstić information content (AvgIpc) is 2.72. The fraction of sp³-hybridized carbons (Fsp3) is 0.136. The Morgan fingerprint density at radius 1 is 1.19 bits per heavy atom. The predicted molar refractivity (Wildman–Crippen MR) is 114 cm³/mol. The Bertz CT molecular complexity index is 1100. The van der Waals surface area contributed by atoms with E-state index in [0.717, 1.165) is 6.07 Å². The van der Waals surface area contributed by atoms with Gasteiger partial charge in [0.2, 0.25) is 0 Å². The number of halogens is 2. The van der Waals surface area contributed by atoms with Gasteiger partial charge < -0.3 is 9.47 Å². The minimum atomic E-state index is -1.04. The van der Waals surface area contributed by atoms with E-state index < -0.39 is 23.7 Å². The van der Waals surface area contributed by atoms with Gasteiger partial charge in [0.05, 0.1) is 17.3 Å². The van der Waals surface area contributed by atoms with Gasteiger partial charge in [0.15, 0.2) is 11.5 Å². The molecule has 0 atom stereocenters. The molecule has 1 fully saturated rings. The normalized spacial score (nSPS) is 15.1. The molecule has 0 aliphatic carbocycles. The minimum Gasteiger partial charge on any atom is -0.490 e. The van der Waals surface area contributed by atoms with Crippen LogP contribution < -0.4 is 19.7 Å². The summed E-state index contributed by atoms with van der Waals surface area (Å²) in [6.45, 7) is 5.86. The molecule has 2 aromatic rings. The lowest BCUT2D eigenvalue weighted by Gasteiger charge is -2.26. The Labute approximate surface area is 182 Å². The molecule has 1 aliphatic rings.